The number of rotatable bonds is 40. The van der Waals surface area contributed by atoms with Crippen LogP contribution >= 0.6 is 0 Å². The van der Waals surface area contributed by atoms with Gasteiger partial charge in [-0.15, -0.1) is 0 Å². The fraction of sp³-hybridized carbons (Fsp3) is 0.940. The lowest BCUT2D eigenvalue weighted by Crippen LogP contribution is -2.22. The van der Waals surface area contributed by atoms with Crippen LogP contribution in [0.2, 0.25) is 0 Å². The van der Waals surface area contributed by atoms with Crippen molar-refractivity contribution in [2.75, 3.05) is 39.5 Å². The molecule has 0 aromatic rings. The van der Waals surface area contributed by atoms with Crippen LogP contribution in [0.15, 0.2) is 0 Å². The Kier molecular flexibility index (Phi) is 48.6. The molecule has 8 nitrogen and oxygen atoms in total. The molecule has 1 aliphatic rings. The van der Waals surface area contributed by atoms with Crippen molar-refractivity contribution in [3.63, 3.8) is 0 Å². The Morgan fingerprint density at radius 3 is 1.17 bits per heavy atom. The summed E-state index contributed by atoms with van der Waals surface area (Å²) in [5.74, 6) is 1.37. The Morgan fingerprint density at radius 1 is 0.500 bits per heavy atom. The standard InChI is InChI=1S/C43H84O5.C6H13NO.CH2O/c1-5-9-19-27-39(28-20-10-6-2)35-37-47-42(45)33-25-17-13-15-23-31-41(44)32-24-16-14-18-26-34-43(46)48-38-36-40(29-21-11-7-3)30-22-12-8-4;8-6-5-7-3-1-2-4-7;1-2/h39-41,44H,5-38H2,1-4H3;8H,1-6H2;1H2. The summed E-state index contributed by atoms with van der Waals surface area (Å²) in [6, 6.07) is 0. The average molecular weight is 826 g/mol. The van der Waals surface area contributed by atoms with E-state index in [1.807, 2.05) is 6.79 Å². The van der Waals surface area contributed by atoms with E-state index in [1.54, 1.807) is 0 Å². The third-order valence-corrected chi connectivity index (χ3v) is 11.9. The number of esters is 2. The number of aliphatic hydroxyl groups is 2. The Balaban J connectivity index is 0. The topological polar surface area (TPSA) is 113 Å². The lowest BCUT2D eigenvalue weighted by molar-refractivity contribution is -0.145. The van der Waals surface area contributed by atoms with Crippen molar-refractivity contribution in [2.24, 2.45) is 11.8 Å². The van der Waals surface area contributed by atoms with Gasteiger partial charge in [-0.2, -0.15) is 0 Å². The number of carbonyl (C=O) groups is 3. The highest BCUT2D eigenvalue weighted by molar-refractivity contribution is 5.69. The SMILES string of the molecule is C=O.CCCCCC(CCCCC)CCOC(=O)CCCCCCCC(O)CCCCCCCC(=O)OCCC(CCCCC)CCCCC.OCCN1CCCC1. The first-order valence-electron chi connectivity index (χ1n) is 25.0. The summed E-state index contributed by atoms with van der Waals surface area (Å²) in [7, 11) is 0. The van der Waals surface area contributed by atoms with E-state index in [9.17, 15) is 14.7 Å². The molecular formula is C50H99NO7. The molecule has 1 heterocycles. The minimum absolute atomic E-state index is 0.0269. The smallest absolute Gasteiger partial charge is 0.305 e. The number of unbranched alkanes of at least 4 members (excludes halogenated alkanes) is 16. The fourth-order valence-electron chi connectivity index (χ4n) is 8.07. The number of ether oxygens (including phenoxy) is 2. The molecule has 0 amide bonds. The van der Waals surface area contributed by atoms with Crippen LogP contribution in [0.5, 0.6) is 0 Å². The van der Waals surface area contributed by atoms with Crippen LogP contribution in [0.3, 0.4) is 0 Å². The van der Waals surface area contributed by atoms with Crippen LogP contribution < -0.4 is 0 Å². The van der Waals surface area contributed by atoms with Gasteiger partial charge in [-0.05, 0) is 76.3 Å². The molecule has 8 heteroatoms. The molecule has 0 saturated carbocycles. The molecule has 0 bridgehead atoms. The van der Waals surface area contributed by atoms with Crippen molar-refractivity contribution in [2.45, 2.75) is 252 Å². The number of likely N-dealkylation sites (tertiary alicyclic amines) is 1. The largest absolute Gasteiger partial charge is 0.466 e. The predicted octanol–water partition coefficient (Wildman–Crippen LogP) is 13.1. The minimum atomic E-state index is -0.199. The molecule has 0 aromatic carbocycles. The molecule has 2 N–H and O–H groups in total. The Labute approximate surface area is 360 Å². The van der Waals surface area contributed by atoms with Gasteiger partial charge in [0.05, 0.1) is 25.9 Å². The summed E-state index contributed by atoms with van der Waals surface area (Å²) in [5.41, 5.74) is 0. The molecule has 0 unspecified atom stereocenters. The molecule has 0 spiro atoms. The zero-order valence-electron chi connectivity index (χ0n) is 39.1. The van der Waals surface area contributed by atoms with E-state index in [1.165, 1.54) is 129 Å². The number of β-amino-alcohol motifs (C(OH)–C–C–N with tert-alkyl or cyclic N) is 1. The summed E-state index contributed by atoms with van der Waals surface area (Å²) in [5, 5.41) is 18.8. The van der Waals surface area contributed by atoms with Gasteiger partial charge in [-0.1, -0.05) is 182 Å². The number of hydrogen-bond acceptors (Lipinski definition) is 8. The maximum atomic E-state index is 12.2. The monoisotopic (exact) mass is 826 g/mol. The van der Waals surface area contributed by atoms with Gasteiger partial charge in [0.1, 0.15) is 6.79 Å². The molecule has 58 heavy (non-hydrogen) atoms. The molecule has 0 aromatic heterocycles. The highest BCUT2D eigenvalue weighted by Crippen LogP contribution is 2.23. The lowest BCUT2D eigenvalue weighted by atomic mass is 9.92. The number of aliphatic hydroxyl groups excluding tert-OH is 2. The highest BCUT2D eigenvalue weighted by Gasteiger charge is 2.13. The van der Waals surface area contributed by atoms with E-state index >= 15 is 0 Å². The quantitative estimate of drug-likeness (QED) is 0.0464. The van der Waals surface area contributed by atoms with Crippen LogP contribution in [-0.2, 0) is 23.9 Å². The van der Waals surface area contributed by atoms with E-state index < -0.39 is 0 Å². The summed E-state index contributed by atoms with van der Waals surface area (Å²) in [6.07, 6.45) is 38.5. The van der Waals surface area contributed by atoms with Crippen LogP contribution in [0, 0.1) is 11.8 Å². The van der Waals surface area contributed by atoms with Crippen molar-refractivity contribution in [1.82, 2.24) is 4.90 Å². The van der Waals surface area contributed by atoms with Crippen molar-refractivity contribution in [1.29, 1.82) is 0 Å². The third kappa shape index (κ3) is 42.6. The van der Waals surface area contributed by atoms with Gasteiger partial charge in [0.15, 0.2) is 0 Å². The minimum Gasteiger partial charge on any atom is -0.466 e. The summed E-state index contributed by atoms with van der Waals surface area (Å²) < 4.78 is 11.2. The van der Waals surface area contributed by atoms with Gasteiger partial charge in [0.25, 0.3) is 0 Å². The highest BCUT2D eigenvalue weighted by atomic mass is 16.5. The number of hydrogen-bond donors (Lipinski definition) is 2. The number of nitrogens with zero attached hydrogens (tertiary/aromatic N) is 1. The predicted molar refractivity (Wildman–Crippen MR) is 245 cm³/mol. The van der Waals surface area contributed by atoms with E-state index in [2.05, 4.69) is 32.6 Å². The Bertz CT molecular complexity index is 761. The van der Waals surface area contributed by atoms with Crippen molar-refractivity contribution in [3.05, 3.63) is 0 Å². The maximum Gasteiger partial charge on any atom is 0.305 e. The van der Waals surface area contributed by atoms with Gasteiger partial charge < -0.3 is 29.4 Å². The molecular weight excluding hydrogens is 727 g/mol. The summed E-state index contributed by atoms with van der Waals surface area (Å²) >= 11 is 0. The third-order valence-electron chi connectivity index (χ3n) is 11.9. The molecule has 1 aliphatic heterocycles. The molecule has 0 radical (unpaired) electrons. The van der Waals surface area contributed by atoms with E-state index in [0.29, 0.717) is 44.5 Å². The molecule has 1 fully saturated rings. The first-order chi connectivity index (χ1) is 28.4. The molecule has 346 valence electrons. The maximum absolute atomic E-state index is 12.2. The van der Waals surface area contributed by atoms with Crippen LogP contribution in [0.25, 0.3) is 0 Å². The first kappa shape index (κ1) is 58.6. The van der Waals surface area contributed by atoms with Gasteiger partial charge >= 0.3 is 11.9 Å². The number of carbonyl (C=O) groups excluding carboxylic acids is 3. The van der Waals surface area contributed by atoms with Gasteiger partial charge in [-0.25, -0.2) is 0 Å². The molecule has 1 saturated heterocycles. The Hall–Kier alpha value is -1.51. The second-order valence-corrected chi connectivity index (χ2v) is 17.3. The van der Waals surface area contributed by atoms with Gasteiger partial charge in [0.2, 0.25) is 0 Å². The average Bonchev–Trinajstić information content (AvgIpc) is 3.74. The first-order valence-corrected chi connectivity index (χ1v) is 25.0. The zero-order chi connectivity index (χ0) is 43.2. The van der Waals surface area contributed by atoms with Crippen LogP contribution in [-0.4, -0.2) is 79.4 Å². The van der Waals surface area contributed by atoms with Crippen molar-refractivity contribution < 1.29 is 34.1 Å². The van der Waals surface area contributed by atoms with Crippen molar-refractivity contribution in [3.8, 4) is 0 Å². The van der Waals surface area contributed by atoms with Gasteiger partial charge in [0, 0.05) is 19.4 Å². The van der Waals surface area contributed by atoms with Gasteiger partial charge in [-0.3, -0.25) is 9.59 Å². The fourth-order valence-corrected chi connectivity index (χ4v) is 8.07. The van der Waals surface area contributed by atoms with Crippen molar-refractivity contribution >= 4 is 18.7 Å². The second-order valence-electron chi connectivity index (χ2n) is 17.3. The van der Waals surface area contributed by atoms with E-state index in [-0.39, 0.29) is 18.0 Å². The lowest BCUT2D eigenvalue weighted by Gasteiger charge is -2.16. The second kappa shape index (κ2) is 48.2. The molecule has 1 rings (SSSR count). The van der Waals surface area contributed by atoms with E-state index in [0.717, 1.165) is 96.4 Å². The normalized spacial score (nSPS) is 12.8. The Morgan fingerprint density at radius 2 is 0.828 bits per heavy atom. The summed E-state index contributed by atoms with van der Waals surface area (Å²) in [6.45, 7) is 15.8. The molecule has 0 atom stereocenters. The van der Waals surface area contributed by atoms with E-state index in [4.69, 9.17) is 19.4 Å². The van der Waals surface area contributed by atoms with Crippen LogP contribution in [0.1, 0.15) is 246 Å². The van der Waals surface area contributed by atoms with Crippen LogP contribution in [0.4, 0.5) is 0 Å². The summed E-state index contributed by atoms with van der Waals surface area (Å²) in [4.78, 5) is 34.7. The molecule has 0 aliphatic carbocycles. The zero-order valence-corrected chi connectivity index (χ0v) is 39.1.